The van der Waals surface area contributed by atoms with Crippen LogP contribution in [0.4, 0.5) is 0 Å². The van der Waals surface area contributed by atoms with Crippen molar-refractivity contribution in [3.63, 3.8) is 0 Å². The Kier molecular flexibility index (Phi) is 5.77. The number of aryl methyl sites for hydroxylation is 3. The summed E-state index contributed by atoms with van der Waals surface area (Å²) in [4.78, 5) is 45.6. The van der Waals surface area contributed by atoms with Gasteiger partial charge in [-0.3, -0.25) is 19.1 Å². The summed E-state index contributed by atoms with van der Waals surface area (Å²) in [6.07, 6.45) is 3.51. The van der Waals surface area contributed by atoms with Crippen molar-refractivity contribution in [2.75, 3.05) is 13.1 Å². The number of imidazole rings is 1. The summed E-state index contributed by atoms with van der Waals surface area (Å²) in [6, 6.07) is 7.30. The third kappa shape index (κ3) is 4.12. The number of piperidine rings is 1. The minimum Gasteiger partial charge on any atom is -0.388 e. The Morgan fingerprint density at radius 2 is 2.06 bits per heavy atom. The number of benzene rings is 1. The van der Waals surface area contributed by atoms with Crippen molar-refractivity contribution in [1.29, 1.82) is 0 Å². The van der Waals surface area contributed by atoms with Crippen LogP contribution in [-0.2, 0) is 18.3 Å². The fraction of sp³-hybridized carbons (Fsp3) is 0.478. The van der Waals surface area contributed by atoms with E-state index in [1.807, 2.05) is 31.3 Å². The number of carbonyl (C=O) groups is 1. The number of nitrogens with zero attached hydrogens (tertiary/aromatic N) is 4. The first-order valence-electron chi connectivity index (χ1n) is 10.9. The van der Waals surface area contributed by atoms with E-state index in [0.29, 0.717) is 37.8 Å². The molecule has 3 heterocycles. The summed E-state index contributed by atoms with van der Waals surface area (Å²) in [5, 5.41) is 10.9. The summed E-state index contributed by atoms with van der Waals surface area (Å²) >= 11 is 0. The van der Waals surface area contributed by atoms with Crippen LogP contribution in [0.1, 0.15) is 43.6 Å². The maximum Gasteiger partial charge on any atom is 0.328 e. The van der Waals surface area contributed by atoms with Crippen LogP contribution in [0.15, 0.2) is 40.1 Å². The van der Waals surface area contributed by atoms with Crippen molar-refractivity contribution < 1.29 is 9.90 Å². The molecule has 0 unspecified atom stereocenters. The summed E-state index contributed by atoms with van der Waals surface area (Å²) in [5.74, 6) is 0.923. The molecule has 0 radical (unpaired) electrons. The number of carbonyl (C=O) groups excluding carboxylic acids is 1. The molecule has 1 aromatic carbocycles. The highest BCUT2D eigenvalue weighted by Gasteiger charge is 2.40. The smallest absolute Gasteiger partial charge is 0.328 e. The highest BCUT2D eigenvalue weighted by molar-refractivity contribution is 5.77. The number of para-hydroxylation sites is 2. The second kappa shape index (κ2) is 8.38. The number of fused-ring (bicyclic) bond motifs is 1. The van der Waals surface area contributed by atoms with Crippen LogP contribution in [0, 0.1) is 6.92 Å². The molecule has 1 saturated heterocycles. The minimum absolute atomic E-state index is 0.0153. The molecule has 1 fully saturated rings. The number of H-pyrrole nitrogens is 1. The first-order chi connectivity index (χ1) is 15.2. The molecule has 1 aliphatic rings. The van der Waals surface area contributed by atoms with E-state index in [2.05, 4.69) is 14.5 Å². The van der Waals surface area contributed by atoms with E-state index in [1.54, 1.807) is 18.7 Å². The van der Waals surface area contributed by atoms with Gasteiger partial charge in [0.05, 0.1) is 22.7 Å². The average molecular weight is 440 g/mol. The molecular weight excluding hydrogens is 410 g/mol. The zero-order chi connectivity index (χ0) is 23.0. The number of nitrogens with one attached hydrogen (secondary N) is 1. The molecule has 1 amide bonds. The highest BCUT2D eigenvalue weighted by Crippen LogP contribution is 2.31. The third-order valence-electron chi connectivity index (χ3n) is 6.50. The first kappa shape index (κ1) is 22.0. The second-order valence-electron chi connectivity index (χ2n) is 8.87. The maximum absolute atomic E-state index is 12.9. The number of likely N-dealkylation sites (tertiary alicyclic amines) is 1. The van der Waals surface area contributed by atoms with Gasteiger partial charge in [-0.1, -0.05) is 12.1 Å². The molecule has 9 heteroatoms. The number of aromatic amines is 1. The zero-order valence-electron chi connectivity index (χ0n) is 18.7. The quantitative estimate of drug-likeness (QED) is 0.622. The van der Waals surface area contributed by atoms with Crippen molar-refractivity contribution in [3.8, 4) is 0 Å². The maximum atomic E-state index is 12.9. The predicted octanol–water partition coefficient (Wildman–Crippen LogP) is 1.28. The van der Waals surface area contributed by atoms with Gasteiger partial charge in [-0.2, -0.15) is 0 Å². The molecular formula is C23H29N5O4. The zero-order valence-corrected chi connectivity index (χ0v) is 18.7. The van der Waals surface area contributed by atoms with E-state index >= 15 is 0 Å². The molecule has 9 nitrogen and oxygen atoms in total. The summed E-state index contributed by atoms with van der Waals surface area (Å²) in [7, 11) is 1.98. The van der Waals surface area contributed by atoms with Crippen LogP contribution in [0.2, 0.25) is 0 Å². The molecule has 170 valence electrons. The first-order valence-corrected chi connectivity index (χ1v) is 10.9. The van der Waals surface area contributed by atoms with Gasteiger partial charge in [-0.05, 0) is 38.8 Å². The average Bonchev–Trinajstić information content (AvgIpc) is 3.06. The minimum atomic E-state index is -1.17. The molecule has 0 saturated carbocycles. The lowest BCUT2D eigenvalue weighted by atomic mass is 9.88. The van der Waals surface area contributed by atoms with Crippen LogP contribution in [0.25, 0.3) is 11.0 Å². The molecule has 3 aromatic rings. The van der Waals surface area contributed by atoms with Gasteiger partial charge in [0.25, 0.3) is 5.56 Å². The third-order valence-corrected chi connectivity index (χ3v) is 6.50. The van der Waals surface area contributed by atoms with Crippen molar-refractivity contribution in [1.82, 2.24) is 24.0 Å². The fourth-order valence-electron chi connectivity index (χ4n) is 4.43. The summed E-state index contributed by atoms with van der Waals surface area (Å²) < 4.78 is 3.40. The van der Waals surface area contributed by atoms with Gasteiger partial charge in [0.15, 0.2) is 0 Å². The Morgan fingerprint density at radius 1 is 1.31 bits per heavy atom. The molecule has 32 heavy (non-hydrogen) atoms. The van der Waals surface area contributed by atoms with E-state index in [4.69, 9.17) is 0 Å². The normalized spacial score (nSPS) is 21.2. The molecule has 0 aliphatic carbocycles. The number of aromatic nitrogens is 4. The monoisotopic (exact) mass is 439 g/mol. The number of amides is 1. The second-order valence-corrected chi connectivity index (χ2v) is 8.87. The van der Waals surface area contributed by atoms with Crippen molar-refractivity contribution in [3.05, 3.63) is 62.7 Å². The van der Waals surface area contributed by atoms with Crippen molar-refractivity contribution >= 4 is 16.9 Å². The largest absolute Gasteiger partial charge is 0.388 e. The number of aliphatic hydroxyl groups is 1. The van der Waals surface area contributed by atoms with Crippen LogP contribution in [-0.4, -0.2) is 53.7 Å². The van der Waals surface area contributed by atoms with Crippen molar-refractivity contribution in [2.45, 2.75) is 51.2 Å². The number of hydrogen-bond donors (Lipinski definition) is 2. The fourth-order valence-corrected chi connectivity index (χ4v) is 4.43. The molecule has 0 spiro atoms. The Labute approximate surface area is 185 Å². The van der Waals surface area contributed by atoms with Gasteiger partial charge in [-0.25, -0.2) is 9.78 Å². The van der Waals surface area contributed by atoms with Gasteiger partial charge in [0.2, 0.25) is 5.91 Å². The Hall–Kier alpha value is -3.20. The van der Waals surface area contributed by atoms with Crippen LogP contribution in [0.5, 0.6) is 0 Å². The molecule has 2 atom stereocenters. The van der Waals surface area contributed by atoms with Gasteiger partial charge in [0.1, 0.15) is 5.82 Å². The van der Waals surface area contributed by atoms with E-state index < -0.39 is 22.9 Å². The Bertz CT molecular complexity index is 1270. The molecule has 1 aliphatic heterocycles. The van der Waals surface area contributed by atoms with E-state index in [1.165, 1.54) is 10.8 Å². The topological polar surface area (TPSA) is 113 Å². The standard InChI is InChI=1S/C23H29N5O4/c1-15-13-28(22(31)25-21(15)30)18-14-27(12-11-23(18,2)32)20(29)10-6-9-19-24-16-7-4-5-8-17(16)26(19)3/h4-5,7-8,13,18,32H,6,9-12,14H2,1-3H3,(H,25,30,31)/t18-,23-/m1/s1. The lowest BCUT2D eigenvalue weighted by molar-refractivity contribution is -0.138. The molecule has 4 rings (SSSR count). The lowest BCUT2D eigenvalue weighted by Crippen LogP contribution is -2.55. The van der Waals surface area contributed by atoms with E-state index in [0.717, 1.165) is 16.9 Å². The number of rotatable bonds is 5. The summed E-state index contributed by atoms with van der Waals surface area (Å²) in [6.45, 7) is 3.91. The van der Waals surface area contributed by atoms with E-state index in [-0.39, 0.29) is 12.5 Å². The van der Waals surface area contributed by atoms with Crippen LogP contribution < -0.4 is 11.2 Å². The molecule has 0 bridgehead atoms. The summed E-state index contributed by atoms with van der Waals surface area (Å²) in [5.41, 5.74) is 0.193. The Balaban J connectivity index is 1.44. The number of hydrogen-bond acceptors (Lipinski definition) is 5. The molecule has 2 N–H and O–H groups in total. The molecule has 2 aromatic heterocycles. The van der Waals surface area contributed by atoms with Crippen LogP contribution in [0.3, 0.4) is 0 Å². The van der Waals surface area contributed by atoms with Gasteiger partial charge >= 0.3 is 5.69 Å². The Morgan fingerprint density at radius 3 is 2.81 bits per heavy atom. The van der Waals surface area contributed by atoms with Crippen LogP contribution >= 0.6 is 0 Å². The van der Waals surface area contributed by atoms with E-state index in [9.17, 15) is 19.5 Å². The van der Waals surface area contributed by atoms with Gasteiger partial charge in [-0.15, -0.1) is 0 Å². The highest BCUT2D eigenvalue weighted by atomic mass is 16.3. The predicted molar refractivity (Wildman–Crippen MR) is 121 cm³/mol. The lowest BCUT2D eigenvalue weighted by Gasteiger charge is -2.43. The van der Waals surface area contributed by atoms with Gasteiger partial charge in [0, 0.05) is 44.7 Å². The van der Waals surface area contributed by atoms with Crippen molar-refractivity contribution in [2.24, 2.45) is 7.05 Å². The SMILES string of the molecule is Cc1cn([C@@H]2CN(C(=O)CCCc3nc4ccccc4n3C)CC[C@@]2(C)O)c(=O)[nH]c1=O. The van der Waals surface area contributed by atoms with Gasteiger partial charge < -0.3 is 14.6 Å².